The third-order valence-electron chi connectivity index (χ3n) is 2.37. The summed E-state index contributed by atoms with van der Waals surface area (Å²) < 4.78 is 0. The minimum Gasteiger partial charge on any atom is -0.480 e. The summed E-state index contributed by atoms with van der Waals surface area (Å²) in [6, 6.07) is -0.779. The van der Waals surface area contributed by atoms with Crippen molar-refractivity contribution in [3.05, 3.63) is 0 Å². The normalized spacial score (nSPS) is 14.1. The van der Waals surface area contributed by atoms with E-state index in [2.05, 4.69) is 10.6 Å². The minimum atomic E-state index is -0.969. The highest BCUT2D eigenvalue weighted by Crippen LogP contribution is 2.02. The lowest BCUT2D eigenvalue weighted by atomic mass is 10.1. The molecule has 0 bridgehead atoms. The Morgan fingerprint density at radius 1 is 1.41 bits per heavy atom. The molecule has 6 heteroatoms. The van der Waals surface area contributed by atoms with E-state index in [9.17, 15) is 9.59 Å². The lowest BCUT2D eigenvalue weighted by Gasteiger charge is -2.17. The molecule has 2 atom stereocenters. The van der Waals surface area contributed by atoms with E-state index in [0.717, 1.165) is 12.3 Å². The summed E-state index contributed by atoms with van der Waals surface area (Å²) in [4.78, 5) is 22.6. The standard InChI is InChI=1S/C11H22N2O3S/c1-4-12-7-8(2)10(14)13-9(11(15)16)5-6-17-3/h8-9,12H,4-7H2,1-3H3,(H,13,14)(H,15,16). The molecule has 5 nitrogen and oxygen atoms in total. The molecule has 0 radical (unpaired) electrons. The SMILES string of the molecule is CCNCC(C)C(=O)NC(CCSC)C(=O)O. The highest BCUT2D eigenvalue weighted by Gasteiger charge is 2.22. The number of carboxylic acids is 1. The molecular weight excluding hydrogens is 240 g/mol. The lowest BCUT2D eigenvalue weighted by Crippen LogP contribution is -2.45. The number of carboxylic acid groups (broad SMARTS) is 1. The van der Waals surface area contributed by atoms with Crippen LogP contribution in [0.1, 0.15) is 20.3 Å². The van der Waals surface area contributed by atoms with Crippen molar-refractivity contribution >= 4 is 23.6 Å². The van der Waals surface area contributed by atoms with Crippen LogP contribution in [0.4, 0.5) is 0 Å². The van der Waals surface area contributed by atoms with Crippen molar-refractivity contribution < 1.29 is 14.7 Å². The van der Waals surface area contributed by atoms with Gasteiger partial charge < -0.3 is 15.7 Å². The molecule has 2 unspecified atom stereocenters. The van der Waals surface area contributed by atoms with E-state index in [1.165, 1.54) is 0 Å². The Bertz CT molecular complexity index is 249. The fourth-order valence-corrected chi connectivity index (χ4v) is 1.73. The van der Waals surface area contributed by atoms with Gasteiger partial charge in [0.15, 0.2) is 0 Å². The molecule has 0 spiro atoms. The topological polar surface area (TPSA) is 78.4 Å². The largest absolute Gasteiger partial charge is 0.480 e. The average Bonchev–Trinajstić information content (AvgIpc) is 2.30. The number of amides is 1. The number of hydrogen-bond donors (Lipinski definition) is 3. The van der Waals surface area contributed by atoms with Crippen LogP contribution in [0.2, 0.25) is 0 Å². The number of rotatable bonds is 9. The van der Waals surface area contributed by atoms with E-state index < -0.39 is 12.0 Å². The van der Waals surface area contributed by atoms with Gasteiger partial charge in [0.05, 0.1) is 0 Å². The Morgan fingerprint density at radius 3 is 2.53 bits per heavy atom. The van der Waals surface area contributed by atoms with Gasteiger partial charge in [-0.25, -0.2) is 4.79 Å². The molecule has 0 aliphatic rings. The molecule has 0 saturated heterocycles. The second kappa shape index (κ2) is 9.30. The van der Waals surface area contributed by atoms with Crippen molar-refractivity contribution in [3.8, 4) is 0 Å². The molecule has 100 valence electrons. The van der Waals surface area contributed by atoms with E-state index in [1.807, 2.05) is 13.2 Å². The predicted octanol–water partition coefficient (Wildman–Crippen LogP) is 0.555. The zero-order valence-corrected chi connectivity index (χ0v) is 11.5. The van der Waals surface area contributed by atoms with Crippen LogP contribution in [0, 0.1) is 5.92 Å². The molecule has 0 saturated carbocycles. The van der Waals surface area contributed by atoms with Crippen LogP contribution < -0.4 is 10.6 Å². The maximum absolute atomic E-state index is 11.7. The Morgan fingerprint density at radius 2 is 2.06 bits per heavy atom. The number of nitrogens with one attached hydrogen (secondary N) is 2. The Kier molecular flexibility index (Phi) is 8.89. The Balaban J connectivity index is 4.15. The molecule has 0 aromatic rings. The van der Waals surface area contributed by atoms with Gasteiger partial charge in [-0.05, 0) is 25.0 Å². The fraction of sp³-hybridized carbons (Fsp3) is 0.818. The van der Waals surface area contributed by atoms with Crippen molar-refractivity contribution in [1.82, 2.24) is 10.6 Å². The zero-order chi connectivity index (χ0) is 13.3. The smallest absolute Gasteiger partial charge is 0.326 e. The van der Waals surface area contributed by atoms with Gasteiger partial charge in [0.25, 0.3) is 0 Å². The van der Waals surface area contributed by atoms with Gasteiger partial charge in [0, 0.05) is 12.5 Å². The first-order chi connectivity index (χ1) is 8.02. The van der Waals surface area contributed by atoms with Crippen molar-refractivity contribution in [2.45, 2.75) is 26.3 Å². The number of carbonyl (C=O) groups excluding carboxylic acids is 1. The number of thioether (sulfide) groups is 1. The number of aliphatic carboxylic acids is 1. The summed E-state index contributed by atoms with van der Waals surface area (Å²) in [7, 11) is 0. The van der Waals surface area contributed by atoms with Crippen molar-refractivity contribution in [2.24, 2.45) is 5.92 Å². The maximum atomic E-state index is 11.7. The fourth-order valence-electron chi connectivity index (χ4n) is 1.26. The summed E-state index contributed by atoms with van der Waals surface area (Å²) in [6.07, 6.45) is 2.37. The molecule has 0 aliphatic heterocycles. The highest BCUT2D eigenvalue weighted by molar-refractivity contribution is 7.98. The molecule has 0 heterocycles. The van der Waals surface area contributed by atoms with E-state index in [4.69, 9.17) is 5.11 Å². The van der Waals surface area contributed by atoms with Crippen LogP contribution in [0.25, 0.3) is 0 Å². The van der Waals surface area contributed by atoms with Crippen LogP contribution in [0.15, 0.2) is 0 Å². The van der Waals surface area contributed by atoms with Gasteiger partial charge in [-0.2, -0.15) is 11.8 Å². The third kappa shape index (κ3) is 7.23. The summed E-state index contributed by atoms with van der Waals surface area (Å²) in [5.74, 6) is -0.674. The highest BCUT2D eigenvalue weighted by atomic mass is 32.2. The summed E-state index contributed by atoms with van der Waals surface area (Å²) in [6.45, 7) is 5.11. The molecule has 17 heavy (non-hydrogen) atoms. The van der Waals surface area contributed by atoms with E-state index in [-0.39, 0.29) is 11.8 Å². The predicted molar refractivity (Wildman–Crippen MR) is 70.3 cm³/mol. The molecule has 3 N–H and O–H groups in total. The average molecular weight is 262 g/mol. The van der Waals surface area contributed by atoms with Crippen LogP contribution in [-0.2, 0) is 9.59 Å². The lowest BCUT2D eigenvalue weighted by molar-refractivity contribution is -0.142. The van der Waals surface area contributed by atoms with Gasteiger partial charge >= 0.3 is 5.97 Å². The first-order valence-electron chi connectivity index (χ1n) is 5.75. The molecule has 0 fully saturated rings. The number of hydrogen-bond acceptors (Lipinski definition) is 4. The van der Waals surface area contributed by atoms with Crippen molar-refractivity contribution in [3.63, 3.8) is 0 Å². The summed E-state index contributed by atoms with van der Waals surface area (Å²) in [5.41, 5.74) is 0. The van der Waals surface area contributed by atoms with Crippen LogP contribution >= 0.6 is 11.8 Å². The van der Waals surface area contributed by atoms with Gasteiger partial charge in [-0.3, -0.25) is 4.79 Å². The molecule has 0 aromatic carbocycles. The summed E-state index contributed by atoms with van der Waals surface area (Å²) in [5, 5.41) is 14.6. The first-order valence-corrected chi connectivity index (χ1v) is 7.15. The van der Waals surface area contributed by atoms with E-state index in [0.29, 0.717) is 13.0 Å². The van der Waals surface area contributed by atoms with Gasteiger partial charge in [0.1, 0.15) is 6.04 Å². The van der Waals surface area contributed by atoms with Crippen LogP contribution in [-0.4, -0.2) is 48.1 Å². The maximum Gasteiger partial charge on any atom is 0.326 e. The molecule has 0 rings (SSSR count). The minimum absolute atomic E-state index is 0.209. The number of carbonyl (C=O) groups is 2. The Hall–Kier alpha value is -0.750. The monoisotopic (exact) mass is 262 g/mol. The quantitative estimate of drug-likeness (QED) is 0.566. The third-order valence-corrected chi connectivity index (χ3v) is 3.02. The van der Waals surface area contributed by atoms with Gasteiger partial charge in [-0.15, -0.1) is 0 Å². The Labute approximate surface area is 107 Å². The molecule has 1 amide bonds. The molecule has 0 aliphatic carbocycles. The van der Waals surface area contributed by atoms with E-state index >= 15 is 0 Å². The molecular formula is C11H22N2O3S. The second-order valence-electron chi connectivity index (χ2n) is 3.89. The first kappa shape index (κ1) is 16.2. The van der Waals surface area contributed by atoms with Crippen molar-refractivity contribution in [1.29, 1.82) is 0 Å². The second-order valence-corrected chi connectivity index (χ2v) is 4.88. The van der Waals surface area contributed by atoms with Crippen LogP contribution in [0.5, 0.6) is 0 Å². The van der Waals surface area contributed by atoms with Gasteiger partial charge in [0.2, 0.25) is 5.91 Å². The van der Waals surface area contributed by atoms with E-state index in [1.54, 1.807) is 18.7 Å². The summed E-state index contributed by atoms with van der Waals surface area (Å²) >= 11 is 1.57. The van der Waals surface area contributed by atoms with Crippen molar-refractivity contribution in [2.75, 3.05) is 25.1 Å². The van der Waals surface area contributed by atoms with Crippen LogP contribution in [0.3, 0.4) is 0 Å². The molecule has 0 aromatic heterocycles. The zero-order valence-electron chi connectivity index (χ0n) is 10.7. The van der Waals surface area contributed by atoms with Gasteiger partial charge in [-0.1, -0.05) is 13.8 Å².